The van der Waals surface area contributed by atoms with E-state index >= 15 is 0 Å². The lowest BCUT2D eigenvalue weighted by molar-refractivity contribution is -0.128. The number of rotatable bonds is 6. The van der Waals surface area contributed by atoms with E-state index in [2.05, 4.69) is 0 Å². The highest BCUT2D eigenvalue weighted by molar-refractivity contribution is 6.62. The maximum Gasteiger partial charge on any atom is 0.494 e. The van der Waals surface area contributed by atoms with Gasteiger partial charge in [0.25, 0.3) is 6.47 Å². The van der Waals surface area contributed by atoms with Gasteiger partial charge in [0.1, 0.15) is 6.61 Å². The Morgan fingerprint density at radius 3 is 2.45 bits per heavy atom. The van der Waals surface area contributed by atoms with Crippen molar-refractivity contribution < 1.29 is 18.8 Å². The van der Waals surface area contributed by atoms with Crippen LogP contribution in [0.1, 0.15) is 27.7 Å². The summed E-state index contributed by atoms with van der Waals surface area (Å²) in [5.41, 5.74) is 1.32. The minimum atomic E-state index is -0.371. The number of hydrogen-bond donors (Lipinski definition) is 0. The van der Waals surface area contributed by atoms with E-state index < -0.39 is 0 Å². The Morgan fingerprint density at radius 1 is 1.23 bits per heavy atom. The molecule has 6 heteroatoms. The Bertz CT molecular complexity index is 517. The number of carbonyl (C=O) groups excluding carboxylic acids is 1. The van der Waals surface area contributed by atoms with Crippen molar-refractivity contribution in [2.75, 3.05) is 25.1 Å². The van der Waals surface area contributed by atoms with Crippen LogP contribution in [-0.2, 0) is 18.8 Å². The fourth-order valence-corrected chi connectivity index (χ4v) is 2.25. The highest BCUT2D eigenvalue weighted by Gasteiger charge is 2.51. The summed E-state index contributed by atoms with van der Waals surface area (Å²) in [4.78, 5) is 12.2. The van der Waals surface area contributed by atoms with Crippen molar-refractivity contribution in [1.82, 2.24) is 0 Å². The van der Waals surface area contributed by atoms with E-state index in [9.17, 15) is 4.79 Å². The summed E-state index contributed by atoms with van der Waals surface area (Å²) in [5.74, 6) is 0. The van der Waals surface area contributed by atoms with Gasteiger partial charge < -0.3 is 18.9 Å². The average molecular weight is 305 g/mol. The molecule has 0 N–H and O–H groups in total. The first kappa shape index (κ1) is 16.8. The molecule has 1 aromatic rings. The van der Waals surface area contributed by atoms with E-state index in [4.69, 9.17) is 14.0 Å². The number of hydrogen-bond acceptors (Lipinski definition) is 5. The molecule has 0 aliphatic carbocycles. The highest BCUT2D eigenvalue weighted by atomic mass is 16.7. The zero-order chi connectivity index (χ0) is 16.4. The minimum absolute atomic E-state index is 0.350. The molecule has 1 heterocycles. The van der Waals surface area contributed by atoms with Crippen molar-refractivity contribution in [3.05, 3.63) is 24.3 Å². The Kier molecular flexibility index (Phi) is 4.82. The molecule has 120 valence electrons. The molecule has 22 heavy (non-hydrogen) atoms. The molecule has 1 aromatic carbocycles. The van der Waals surface area contributed by atoms with Gasteiger partial charge in [-0.25, -0.2) is 0 Å². The number of ether oxygens (including phenoxy) is 1. The first-order valence-corrected chi connectivity index (χ1v) is 7.49. The zero-order valence-corrected chi connectivity index (χ0v) is 14.0. The Morgan fingerprint density at radius 2 is 1.86 bits per heavy atom. The van der Waals surface area contributed by atoms with Gasteiger partial charge in [0, 0.05) is 12.7 Å². The smallest absolute Gasteiger partial charge is 0.466 e. The lowest BCUT2D eigenvalue weighted by Gasteiger charge is -2.32. The van der Waals surface area contributed by atoms with Crippen LogP contribution >= 0.6 is 0 Å². The van der Waals surface area contributed by atoms with Gasteiger partial charge in [0.2, 0.25) is 0 Å². The molecule has 1 saturated heterocycles. The van der Waals surface area contributed by atoms with Crippen molar-refractivity contribution in [3.63, 3.8) is 0 Å². The highest BCUT2D eigenvalue weighted by Crippen LogP contribution is 2.36. The minimum Gasteiger partial charge on any atom is -0.466 e. The monoisotopic (exact) mass is 305 g/mol. The molecule has 1 aliphatic heterocycles. The molecular weight excluding hydrogens is 281 g/mol. The summed E-state index contributed by atoms with van der Waals surface area (Å²) in [6.45, 7) is 9.62. The summed E-state index contributed by atoms with van der Waals surface area (Å²) >= 11 is 0. The number of likely N-dealkylation sites (N-methyl/N-ethyl adjacent to an activating group) is 1. The Hall–Kier alpha value is -1.53. The van der Waals surface area contributed by atoms with E-state index in [1.54, 1.807) is 0 Å². The van der Waals surface area contributed by atoms with Crippen LogP contribution in [-0.4, -0.2) is 45.0 Å². The molecule has 1 fully saturated rings. The van der Waals surface area contributed by atoms with Crippen LogP contribution in [0, 0.1) is 0 Å². The zero-order valence-electron chi connectivity index (χ0n) is 14.0. The van der Waals surface area contributed by atoms with Gasteiger partial charge in [0.15, 0.2) is 0 Å². The maximum absolute atomic E-state index is 10.2. The molecule has 0 bridgehead atoms. The molecule has 0 saturated carbocycles. The quantitative estimate of drug-likeness (QED) is 0.454. The van der Waals surface area contributed by atoms with E-state index in [0.717, 1.165) is 11.2 Å². The molecule has 5 nitrogen and oxygen atoms in total. The largest absolute Gasteiger partial charge is 0.494 e. The Labute approximate surface area is 132 Å². The lowest BCUT2D eigenvalue weighted by atomic mass is 9.79. The van der Waals surface area contributed by atoms with Crippen LogP contribution in [0.5, 0.6) is 0 Å². The van der Waals surface area contributed by atoms with E-state index in [1.807, 2.05) is 63.9 Å². The van der Waals surface area contributed by atoms with Crippen molar-refractivity contribution in [2.24, 2.45) is 0 Å². The number of carbonyl (C=O) groups is 1. The van der Waals surface area contributed by atoms with E-state index in [-0.39, 0.29) is 18.3 Å². The Balaban J connectivity index is 2.11. The second kappa shape index (κ2) is 6.30. The summed E-state index contributed by atoms with van der Waals surface area (Å²) in [6, 6.07) is 8.03. The first-order chi connectivity index (χ1) is 10.3. The van der Waals surface area contributed by atoms with Gasteiger partial charge in [-0.15, -0.1) is 0 Å². The van der Waals surface area contributed by atoms with Crippen LogP contribution in [0.3, 0.4) is 0 Å². The van der Waals surface area contributed by atoms with Crippen LogP contribution in [0.25, 0.3) is 0 Å². The molecule has 2 rings (SSSR count). The third-order valence-electron chi connectivity index (χ3n) is 4.45. The molecule has 0 atom stereocenters. The molecule has 0 radical (unpaired) electrons. The fraction of sp³-hybridized carbons (Fsp3) is 0.562. The van der Waals surface area contributed by atoms with Crippen LogP contribution in [0.2, 0.25) is 0 Å². The molecule has 0 aromatic heterocycles. The molecule has 0 unspecified atom stereocenters. The molecule has 0 spiro atoms. The molecular formula is C16H24BNO4. The topological polar surface area (TPSA) is 48.0 Å². The summed E-state index contributed by atoms with van der Waals surface area (Å²) in [6.07, 6.45) is 0. The van der Waals surface area contributed by atoms with Gasteiger partial charge in [-0.1, -0.05) is 12.1 Å². The van der Waals surface area contributed by atoms with Gasteiger partial charge in [-0.2, -0.15) is 0 Å². The van der Waals surface area contributed by atoms with Crippen molar-refractivity contribution in [3.8, 4) is 0 Å². The SMILES string of the molecule is CN(CCOC=O)c1cccc(B2OC(C)(C)C(C)(C)O2)c1. The molecule has 1 aliphatic rings. The van der Waals surface area contributed by atoms with Crippen LogP contribution < -0.4 is 10.4 Å². The maximum atomic E-state index is 10.2. The summed E-state index contributed by atoms with van der Waals surface area (Å²) < 4.78 is 16.9. The first-order valence-electron chi connectivity index (χ1n) is 7.49. The number of benzene rings is 1. The second-order valence-corrected chi connectivity index (χ2v) is 6.57. The third-order valence-corrected chi connectivity index (χ3v) is 4.45. The number of nitrogens with zero attached hydrogens (tertiary/aromatic N) is 1. The van der Waals surface area contributed by atoms with Gasteiger partial charge in [0.05, 0.1) is 17.7 Å². The summed E-state index contributed by atoms with van der Waals surface area (Å²) in [7, 11) is 1.59. The standard InChI is InChI=1S/C16H24BNO4/c1-15(2)16(3,4)22-17(21-15)13-7-6-8-14(11-13)18(5)9-10-20-12-19/h6-8,11-12H,9-10H2,1-5H3. The van der Waals surface area contributed by atoms with E-state index in [0.29, 0.717) is 19.6 Å². The summed E-state index contributed by atoms with van der Waals surface area (Å²) in [5, 5.41) is 0. The van der Waals surface area contributed by atoms with Crippen LogP contribution in [0.15, 0.2) is 24.3 Å². The third kappa shape index (κ3) is 3.44. The number of anilines is 1. The van der Waals surface area contributed by atoms with Gasteiger partial charge in [-0.3, -0.25) is 4.79 Å². The average Bonchev–Trinajstić information content (AvgIpc) is 2.68. The van der Waals surface area contributed by atoms with Gasteiger partial charge in [-0.05, 0) is 45.3 Å². The lowest BCUT2D eigenvalue weighted by Crippen LogP contribution is -2.41. The predicted octanol–water partition coefficient (Wildman–Crippen LogP) is 1.59. The van der Waals surface area contributed by atoms with Crippen molar-refractivity contribution in [2.45, 2.75) is 38.9 Å². The van der Waals surface area contributed by atoms with Crippen molar-refractivity contribution in [1.29, 1.82) is 0 Å². The van der Waals surface area contributed by atoms with E-state index in [1.165, 1.54) is 0 Å². The predicted molar refractivity (Wildman–Crippen MR) is 87.4 cm³/mol. The molecule has 0 amide bonds. The normalized spacial score (nSPS) is 19.0. The van der Waals surface area contributed by atoms with Gasteiger partial charge >= 0.3 is 7.12 Å². The van der Waals surface area contributed by atoms with Crippen molar-refractivity contribution >= 4 is 24.7 Å². The fourth-order valence-electron chi connectivity index (χ4n) is 2.25. The second-order valence-electron chi connectivity index (χ2n) is 6.57. The van der Waals surface area contributed by atoms with Crippen LogP contribution in [0.4, 0.5) is 5.69 Å².